The van der Waals surface area contributed by atoms with Crippen molar-refractivity contribution in [2.75, 3.05) is 26.6 Å². The lowest BCUT2D eigenvalue weighted by Crippen LogP contribution is -2.08. The van der Waals surface area contributed by atoms with Crippen LogP contribution in [0.15, 0.2) is 48.5 Å². The number of benzene rings is 2. The second-order valence-electron chi connectivity index (χ2n) is 7.45. The monoisotopic (exact) mass is 463 g/mol. The Kier molecular flexibility index (Phi) is 6.46. The first kappa shape index (κ1) is 22.5. The Morgan fingerprint density at radius 3 is 2.45 bits per heavy atom. The zero-order chi connectivity index (χ0) is 23.5. The Morgan fingerprint density at radius 1 is 1.00 bits per heavy atom. The van der Waals surface area contributed by atoms with E-state index in [1.54, 1.807) is 31.6 Å². The molecule has 0 aliphatic carbocycles. The first-order valence-corrected chi connectivity index (χ1v) is 11.2. The molecule has 8 heteroatoms. The maximum absolute atomic E-state index is 12.2. The first-order chi connectivity index (χ1) is 15.9. The molecule has 1 N–H and O–H groups in total. The lowest BCUT2D eigenvalue weighted by Gasteiger charge is -2.16. The molecule has 1 atom stereocenters. The smallest absolute Gasteiger partial charge is 0.338 e. The zero-order valence-electron chi connectivity index (χ0n) is 19.1. The molecular weight excluding hydrogens is 438 g/mol. The number of rotatable bonds is 7. The van der Waals surface area contributed by atoms with Crippen molar-refractivity contribution in [2.45, 2.75) is 19.9 Å². The van der Waals surface area contributed by atoms with Crippen molar-refractivity contribution in [1.82, 2.24) is 9.97 Å². The Labute approximate surface area is 196 Å². The second-order valence-corrected chi connectivity index (χ2v) is 8.56. The van der Waals surface area contributed by atoms with Crippen molar-refractivity contribution in [3.05, 3.63) is 64.8 Å². The number of nitrogens with zero attached hydrogens (tertiary/aromatic N) is 2. The molecule has 33 heavy (non-hydrogen) atoms. The number of methoxy groups -OCH3 is 3. The molecule has 2 aromatic heterocycles. The van der Waals surface area contributed by atoms with Crippen LogP contribution in [0.5, 0.6) is 11.5 Å². The van der Waals surface area contributed by atoms with E-state index in [1.165, 1.54) is 7.11 Å². The van der Waals surface area contributed by atoms with Gasteiger partial charge in [-0.1, -0.05) is 18.2 Å². The lowest BCUT2D eigenvalue weighted by molar-refractivity contribution is 0.0601. The normalized spacial score (nSPS) is 11.8. The van der Waals surface area contributed by atoms with Crippen LogP contribution in [0.25, 0.3) is 21.3 Å². The van der Waals surface area contributed by atoms with Crippen LogP contribution >= 0.6 is 11.3 Å². The third-order valence-electron chi connectivity index (χ3n) is 5.32. The highest BCUT2D eigenvalue weighted by Crippen LogP contribution is 2.37. The molecule has 2 aromatic carbocycles. The third-order valence-corrected chi connectivity index (χ3v) is 6.62. The molecule has 4 rings (SSSR count). The van der Waals surface area contributed by atoms with E-state index < -0.39 is 0 Å². The van der Waals surface area contributed by atoms with Gasteiger partial charge in [0, 0.05) is 26.8 Å². The number of hydrogen-bond donors (Lipinski definition) is 1. The van der Waals surface area contributed by atoms with Gasteiger partial charge in [-0.2, -0.15) is 0 Å². The van der Waals surface area contributed by atoms with Crippen molar-refractivity contribution in [1.29, 1.82) is 0 Å². The lowest BCUT2D eigenvalue weighted by atomic mass is 10.1. The van der Waals surface area contributed by atoms with Crippen LogP contribution in [0.3, 0.4) is 0 Å². The van der Waals surface area contributed by atoms with Gasteiger partial charge in [0.15, 0.2) is 11.5 Å². The maximum atomic E-state index is 12.2. The molecular formula is C25H25N3O4S. The Bertz CT molecular complexity index is 1320. The fourth-order valence-electron chi connectivity index (χ4n) is 3.67. The molecule has 1 unspecified atom stereocenters. The summed E-state index contributed by atoms with van der Waals surface area (Å²) in [5.41, 5.74) is 2.18. The second kappa shape index (κ2) is 9.46. The standard InChI is InChI=1S/C25H25N3O4S/c1-14(22-10-11-23(33-22)16-8-6-7-9-17(16)25(29)32-5)26-24-18-12-20(30-3)21(31-4)13-19(18)27-15(2)28-24/h6-14H,1-5H3,(H,26,27,28). The number of anilines is 1. The molecule has 170 valence electrons. The Hall–Kier alpha value is -3.65. The van der Waals surface area contributed by atoms with E-state index in [4.69, 9.17) is 14.2 Å². The molecule has 0 saturated heterocycles. The van der Waals surface area contributed by atoms with Crippen molar-refractivity contribution in [3.63, 3.8) is 0 Å². The number of esters is 1. The highest BCUT2D eigenvalue weighted by Gasteiger charge is 2.18. The third kappa shape index (κ3) is 4.47. The Morgan fingerprint density at radius 2 is 1.73 bits per heavy atom. The number of ether oxygens (including phenoxy) is 3. The number of thiophene rings is 1. The highest BCUT2D eigenvalue weighted by molar-refractivity contribution is 7.15. The molecule has 0 bridgehead atoms. The van der Waals surface area contributed by atoms with Crippen LogP contribution < -0.4 is 14.8 Å². The number of nitrogens with one attached hydrogen (secondary N) is 1. The summed E-state index contributed by atoms with van der Waals surface area (Å²) < 4.78 is 15.8. The van der Waals surface area contributed by atoms with Crippen molar-refractivity contribution in [3.8, 4) is 21.9 Å². The minimum absolute atomic E-state index is 0.0281. The minimum atomic E-state index is -0.348. The van der Waals surface area contributed by atoms with Gasteiger partial charge in [0.2, 0.25) is 0 Å². The van der Waals surface area contributed by atoms with E-state index in [2.05, 4.69) is 28.3 Å². The van der Waals surface area contributed by atoms with E-state index in [9.17, 15) is 4.79 Å². The minimum Gasteiger partial charge on any atom is -0.493 e. The summed E-state index contributed by atoms with van der Waals surface area (Å²) in [6.45, 7) is 3.94. The van der Waals surface area contributed by atoms with E-state index in [1.807, 2.05) is 43.3 Å². The molecule has 0 amide bonds. The molecule has 0 saturated carbocycles. The van der Waals surface area contributed by atoms with Gasteiger partial charge >= 0.3 is 5.97 Å². The number of aryl methyl sites for hydroxylation is 1. The molecule has 0 aliphatic rings. The van der Waals surface area contributed by atoms with Gasteiger partial charge < -0.3 is 19.5 Å². The predicted octanol–water partition coefficient (Wildman–Crippen LogP) is 5.64. The zero-order valence-corrected chi connectivity index (χ0v) is 19.9. The fraction of sp³-hybridized carbons (Fsp3) is 0.240. The van der Waals surface area contributed by atoms with Crippen LogP contribution in [-0.4, -0.2) is 37.3 Å². The summed E-state index contributed by atoms with van der Waals surface area (Å²) in [6, 6.07) is 15.3. The van der Waals surface area contributed by atoms with Crippen LogP contribution in [0.1, 0.15) is 34.0 Å². The number of carbonyl (C=O) groups is 1. The summed E-state index contributed by atoms with van der Waals surface area (Å²) >= 11 is 1.62. The molecule has 0 aliphatic heterocycles. The molecule has 0 spiro atoms. The molecule has 4 aromatic rings. The maximum Gasteiger partial charge on any atom is 0.338 e. The van der Waals surface area contributed by atoms with Gasteiger partial charge in [-0.3, -0.25) is 0 Å². The van der Waals surface area contributed by atoms with Crippen molar-refractivity contribution >= 4 is 34.0 Å². The van der Waals surface area contributed by atoms with E-state index in [0.29, 0.717) is 22.9 Å². The average Bonchev–Trinajstić information content (AvgIpc) is 3.33. The van der Waals surface area contributed by atoms with Crippen molar-refractivity contribution < 1.29 is 19.0 Å². The number of carbonyl (C=O) groups excluding carboxylic acids is 1. The molecule has 7 nitrogen and oxygen atoms in total. The van der Waals surface area contributed by atoms with Crippen LogP contribution in [0, 0.1) is 6.92 Å². The predicted molar refractivity (Wildman–Crippen MR) is 131 cm³/mol. The average molecular weight is 464 g/mol. The number of fused-ring (bicyclic) bond motifs is 1. The highest BCUT2D eigenvalue weighted by atomic mass is 32.1. The summed E-state index contributed by atoms with van der Waals surface area (Å²) in [4.78, 5) is 23.5. The van der Waals surface area contributed by atoms with Gasteiger partial charge in [0.1, 0.15) is 11.6 Å². The van der Waals surface area contributed by atoms with Crippen LogP contribution in [0.4, 0.5) is 5.82 Å². The van der Waals surface area contributed by atoms with Gasteiger partial charge in [-0.05, 0) is 38.1 Å². The van der Waals surface area contributed by atoms with Crippen molar-refractivity contribution in [2.24, 2.45) is 0 Å². The molecule has 2 heterocycles. The van der Waals surface area contributed by atoms with Crippen LogP contribution in [0.2, 0.25) is 0 Å². The first-order valence-electron chi connectivity index (χ1n) is 10.4. The number of aromatic nitrogens is 2. The summed E-state index contributed by atoms with van der Waals surface area (Å²) in [6.07, 6.45) is 0. The summed E-state index contributed by atoms with van der Waals surface area (Å²) in [7, 11) is 4.60. The van der Waals surface area contributed by atoms with Crippen LogP contribution in [-0.2, 0) is 4.74 Å². The van der Waals surface area contributed by atoms with Gasteiger partial charge in [0.25, 0.3) is 0 Å². The number of hydrogen-bond acceptors (Lipinski definition) is 8. The van der Waals surface area contributed by atoms with Gasteiger partial charge in [-0.25, -0.2) is 14.8 Å². The van der Waals surface area contributed by atoms with Gasteiger partial charge in [0.05, 0.1) is 38.5 Å². The quantitative estimate of drug-likeness (QED) is 0.355. The molecule has 0 radical (unpaired) electrons. The fourth-order valence-corrected chi connectivity index (χ4v) is 4.72. The van der Waals surface area contributed by atoms with E-state index in [-0.39, 0.29) is 12.0 Å². The SMILES string of the molecule is COC(=O)c1ccccc1-c1ccc(C(C)Nc2nc(C)nc3cc(OC)c(OC)cc23)s1. The topological polar surface area (TPSA) is 82.6 Å². The van der Waals surface area contributed by atoms with E-state index >= 15 is 0 Å². The van der Waals surface area contributed by atoms with E-state index in [0.717, 1.165) is 32.0 Å². The summed E-state index contributed by atoms with van der Waals surface area (Å²) in [5.74, 6) is 2.26. The molecule has 0 fully saturated rings. The largest absolute Gasteiger partial charge is 0.493 e. The van der Waals surface area contributed by atoms with Gasteiger partial charge in [-0.15, -0.1) is 11.3 Å². The Balaban J connectivity index is 1.67. The summed E-state index contributed by atoms with van der Waals surface area (Å²) in [5, 5.41) is 4.36.